The standard InChI is InChI=1S/C6H15OSi.3C3H7O.Ti/c1-4-8(7,5-2)6-3;3*1-3(2)4;/h4-6H2,1-3H3;3*3H,1-2H3;/q4*-1;+4. The molecule has 128 valence electrons. The fourth-order valence-corrected chi connectivity index (χ4v) is 13.0. The van der Waals surface area contributed by atoms with Crippen LogP contribution in [0.25, 0.3) is 0 Å². The molecule has 0 spiro atoms. The maximum atomic E-state index is 6.67. The molecule has 0 fully saturated rings. The molecule has 0 N–H and O–H groups in total. The summed E-state index contributed by atoms with van der Waals surface area (Å²) in [5, 5.41) is 0. The first-order valence-electron chi connectivity index (χ1n) is 8.37. The number of hydrogen-bond donors (Lipinski definition) is 0. The van der Waals surface area contributed by atoms with Crippen LogP contribution >= 0.6 is 0 Å². The van der Waals surface area contributed by atoms with Gasteiger partial charge in [0, 0.05) is 0 Å². The predicted octanol–water partition coefficient (Wildman–Crippen LogP) is 5.10. The van der Waals surface area contributed by atoms with Crippen molar-refractivity contribution in [3.05, 3.63) is 0 Å². The zero-order chi connectivity index (χ0) is 16.7. The van der Waals surface area contributed by atoms with Crippen LogP contribution in [0.2, 0.25) is 18.1 Å². The van der Waals surface area contributed by atoms with Gasteiger partial charge in [0.1, 0.15) is 0 Å². The molecule has 6 heteroatoms. The molecule has 0 aromatic carbocycles. The molecule has 0 aliphatic carbocycles. The Labute approximate surface area is 138 Å². The second-order valence-corrected chi connectivity index (χ2v) is 14.7. The van der Waals surface area contributed by atoms with Gasteiger partial charge in [-0.3, -0.25) is 0 Å². The average molecular weight is 356 g/mol. The second-order valence-electron chi connectivity index (χ2n) is 6.35. The molecule has 0 aromatic heterocycles. The Bertz CT molecular complexity index is 246. The Balaban J connectivity index is 5.49. The van der Waals surface area contributed by atoms with E-state index in [2.05, 4.69) is 20.8 Å². The third kappa shape index (κ3) is 7.73. The molecule has 0 aromatic rings. The van der Waals surface area contributed by atoms with E-state index in [9.17, 15) is 0 Å². The van der Waals surface area contributed by atoms with Gasteiger partial charge >= 0.3 is 138 Å². The summed E-state index contributed by atoms with van der Waals surface area (Å²) in [5.41, 5.74) is 0. The van der Waals surface area contributed by atoms with Gasteiger partial charge in [0.15, 0.2) is 0 Å². The van der Waals surface area contributed by atoms with Crippen molar-refractivity contribution >= 4 is 8.32 Å². The monoisotopic (exact) mass is 356 g/mol. The summed E-state index contributed by atoms with van der Waals surface area (Å²) < 4.78 is 25.2. The summed E-state index contributed by atoms with van der Waals surface area (Å²) >= 11 is -3.73. The minimum absolute atomic E-state index is 0.0415. The Kier molecular flexibility index (Phi) is 10.2. The third-order valence-electron chi connectivity index (χ3n) is 3.41. The Morgan fingerprint density at radius 3 is 1.14 bits per heavy atom. The van der Waals surface area contributed by atoms with Gasteiger partial charge in [-0.25, -0.2) is 0 Å². The molecular weight excluding hydrogens is 320 g/mol. The van der Waals surface area contributed by atoms with Crippen molar-refractivity contribution in [2.24, 2.45) is 0 Å². The normalized spacial score (nSPS) is 13.7. The molecule has 0 saturated heterocycles. The van der Waals surface area contributed by atoms with Crippen molar-refractivity contribution in [1.29, 1.82) is 0 Å². The SMILES string of the molecule is CC[Si](CC)(CC)[O][Ti]([O]C(C)C)([O]C(C)C)[O]C(C)C. The van der Waals surface area contributed by atoms with E-state index in [1.807, 2.05) is 41.5 Å². The molecule has 0 unspecified atom stereocenters. The first kappa shape index (κ1) is 21.8. The molecule has 21 heavy (non-hydrogen) atoms. The van der Waals surface area contributed by atoms with Gasteiger partial charge in [-0.15, -0.1) is 0 Å². The summed E-state index contributed by atoms with van der Waals surface area (Å²) in [6.07, 6.45) is 0.124. The quantitative estimate of drug-likeness (QED) is 0.483. The minimum atomic E-state index is -3.73. The summed E-state index contributed by atoms with van der Waals surface area (Å²) in [6, 6.07) is 3.20. The first-order chi connectivity index (χ1) is 9.64. The van der Waals surface area contributed by atoms with Gasteiger partial charge in [-0.1, -0.05) is 0 Å². The van der Waals surface area contributed by atoms with Crippen LogP contribution in [0.15, 0.2) is 0 Å². The number of rotatable bonds is 11. The molecule has 4 nitrogen and oxygen atoms in total. The van der Waals surface area contributed by atoms with Crippen LogP contribution in [0.3, 0.4) is 0 Å². The van der Waals surface area contributed by atoms with Gasteiger partial charge in [0.25, 0.3) is 0 Å². The summed E-state index contributed by atoms with van der Waals surface area (Å²) in [7, 11) is -1.84. The van der Waals surface area contributed by atoms with Crippen molar-refractivity contribution in [2.75, 3.05) is 0 Å². The van der Waals surface area contributed by atoms with Crippen molar-refractivity contribution in [2.45, 2.75) is 98.8 Å². The molecular formula is C15H36O4SiTi. The molecule has 0 amide bonds. The van der Waals surface area contributed by atoms with E-state index in [1.165, 1.54) is 0 Å². The van der Waals surface area contributed by atoms with Crippen molar-refractivity contribution < 1.29 is 31.1 Å². The average Bonchev–Trinajstić information content (AvgIpc) is 2.33. The Morgan fingerprint density at radius 1 is 0.667 bits per heavy atom. The zero-order valence-electron chi connectivity index (χ0n) is 15.5. The van der Waals surface area contributed by atoms with Crippen molar-refractivity contribution in [3.8, 4) is 0 Å². The van der Waals surface area contributed by atoms with E-state index in [4.69, 9.17) is 13.0 Å². The summed E-state index contributed by atoms with van der Waals surface area (Å²) in [5.74, 6) is 0. The molecule has 0 saturated carbocycles. The van der Waals surface area contributed by atoms with E-state index < -0.39 is 26.5 Å². The van der Waals surface area contributed by atoms with Crippen LogP contribution in [-0.2, 0) is 31.1 Å². The van der Waals surface area contributed by atoms with Crippen molar-refractivity contribution in [1.82, 2.24) is 0 Å². The summed E-state index contributed by atoms with van der Waals surface area (Å²) in [4.78, 5) is 0. The van der Waals surface area contributed by atoms with Crippen LogP contribution in [0, 0.1) is 0 Å². The van der Waals surface area contributed by atoms with Gasteiger partial charge in [-0.2, -0.15) is 0 Å². The van der Waals surface area contributed by atoms with Crippen molar-refractivity contribution in [3.63, 3.8) is 0 Å². The fourth-order valence-electron chi connectivity index (χ4n) is 2.25. The van der Waals surface area contributed by atoms with Crippen LogP contribution < -0.4 is 0 Å². The first-order valence-corrected chi connectivity index (χ1v) is 13.5. The fraction of sp³-hybridized carbons (Fsp3) is 1.00. The van der Waals surface area contributed by atoms with Crippen LogP contribution in [-0.4, -0.2) is 26.6 Å². The maximum absolute atomic E-state index is 6.67. The van der Waals surface area contributed by atoms with Gasteiger partial charge in [0.2, 0.25) is 0 Å². The van der Waals surface area contributed by atoms with Gasteiger partial charge < -0.3 is 0 Å². The molecule has 0 heterocycles. The Morgan fingerprint density at radius 2 is 0.952 bits per heavy atom. The van der Waals surface area contributed by atoms with Crippen LogP contribution in [0.5, 0.6) is 0 Å². The molecule has 0 bridgehead atoms. The summed E-state index contributed by atoms with van der Waals surface area (Å²) in [6.45, 7) is 18.7. The zero-order valence-corrected chi connectivity index (χ0v) is 18.0. The molecule has 0 atom stereocenters. The second kappa shape index (κ2) is 9.81. The molecule has 0 aliphatic heterocycles. The van der Waals surface area contributed by atoms with Crippen LogP contribution in [0.4, 0.5) is 0 Å². The molecule has 0 radical (unpaired) electrons. The molecule has 0 aliphatic rings. The van der Waals surface area contributed by atoms with E-state index in [-0.39, 0.29) is 18.3 Å². The Hall–Kier alpha value is 0.771. The predicted molar refractivity (Wildman–Crippen MR) is 86.9 cm³/mol. The van der Waals surface area contributed by atoms with E-state index in [0.717, 1.165) is 18.1 Å². The molecule has 0 rings (SSSR count). The third-order valence-corrected chi connectivity index (χ3v) is 14.7. The van der Waals surface area contributed by atoms with Gasteiger partial charge in [0.05, 0.1) is 0 Å². The van der Waals surface area contributed by atoms with Gasteiger partial charge in [-0.05, 0) is 0 Å². The van der Waals surface area contributed by atoms with E-state index >= 15 is 0 Å². The topological polar surface area (TPSA) is 36.9 Å². The number of hydrogen-bond acceptors (Lipinski definition) is 4. The van der Waals surface area contributed by atoms with E-state index in [0.29, 0.717) is 0 Å². The van der Waals surface area contributed by atoms with Crippen LogP contribution in [0.1, 0.15) is 62.3 Å². The van der Waals surface area contributed by atoms with E-state index in [1.54, 1.807) is 0 Å².